The number of nitrogens with one attached hydrogen (secondary N) is 1. The van der Waals surface area contributed by atoms with Gasteiger partial charge < -0.3 is 10.1 Å². The fourth-order valence-corrected chi connectivity index (χ4v) is 2.09. The molecule has 0 heterocycles. The van der Waals surface area contributed by atoms with E-state index in [4.69, 9.17) is 4.74 Å². The number of para-hydroxylation sites is 1. The largest absolute Gasteiger partial charge is 0.492 e. The van der Waals surface area contributed by atoms with E-state index in [1.165, 1.54) is 6.07 Å². The van der Waals surface area contributed by atoms with Gasteiger partial charge in [0.2, 0.25) is 0 Å². The summed E-state index contributed by atoms with van der Waals surface area (Å²) in [6.07, 6.45) is 0. The van der Waals surface area contributed by atoms with Gasteiger partial charge in [-0.3, -0.25) is 0 Å². The molecule has 0 bridgehead atoms. The van der Waals surface area contributed by atoms with E-state index in [2.05, 4.69) is 21.2 Å². The van der Waals surface area contributed by atoms with Crippen molar-refractivity contribution in [1.82, 2.24) is 0 Å². The summed E-state index contributed by atoms with van der Waals surface area (Å²) in [6, 6.07) is 12.7. The summed E-state index contributed by atoms with van der Waals surface area (Å²) < 4.78 is 19.7. The first-order chi connectivity index (χ1) is 9.16. The lowest BCUT2D eigenvalue weighted by molar-refractivity contribution is 0.332. The molecule has 0 fully saturated rings. The Labute approximate surface area is 120 Å². The zero-order chi connectivity index (χ0) is 13.7. The van der Waals surface area contributed by atoms with Crippen LogP contribution in [0, 0.1) is 12.7 Å². The Kier molecular flexibility index (Phi) is 4.80. The molecular weight excluding hydrogens is 309 g/mol. The fraction of sp³-hybridized carbons (Fsp3) is 0.200. The van der Waals surface area contributed by atoms with E-state index in [0.717, 1.165) is 10.2 Å². The molecule has 0 amide bonds. The Balaban J connectivity index is 1.81. The van der Waals surface area contributed by atoms with Gasteiger partial charge in [0, 0.05) is 16.7 Å². The molecule has 0 radical (unpaired) electrons. The molecule has 0 saturated heterocycles. The van der Waals surface area contributed by atoms with Crippen molar-refractivity contribution < 1.29 is 9.13 Å². The zero-order valence-electron chi connectivity index (χ0n) is 10.6. The standard InChI is InChI=1S/C15H15BrFNO/c1-11-10-12(6-7-14(11)17)19-9-8-18-15-5-3-2-4-13(15)16/h2-7,10,18H,8-9H2,1H3. The van der Waals surface area contributed by atoms with E-state index < -0.39 is 0 Å². The summed E-state index contributed by atoms with van der Waals surface area (Å²) in [5.74, 6) is 0.478. The molecule has 2 aromatic rings. The van der Waals surface area contributed by atoms with Crippen LogP contribution in [0.4, 0.5) is 10.1 Å². The van der Waals surface area contributed by atoms with Gasteiger partial charge in [0.15, 0.2) is 0 Å². The second kappa shape index (κ2) is 6.57. The quantitative estimate of drug-likeness (QED) is 0.824. The van der Waals surface area contributed by atoms with Gasteiger partial charge in [0.05, 0.1) is 0 Å². The third kappa shape index (κ3) is 3.96. The van der Waals surface area contributed by atoms with Crippen molar-refractivity contribution in [2.24, 2.45) is 0 Å². The lowest BCUT2D eigenvalue weighted by atomic mass is 10.2. The highest BCUT2D eigenvalue weighted by Gasteiger charge is 2.00. The number of halogens is 2. The van der Waals surface area contributed by atoms with Gasteiger partial charge in [0.1, 0.15) is 18.2 Å². The molecule has 0 aliphatic rings. The molecule has 100 valence electrons. The van der Waals surface area contributed by atoms with Crippen LogP contribution in [0.1, 0.15) is 5.56 Å². The van der Waals surface area contributed by atoms with Gasteiger partial charge >= 0.3 is 0 Å². The molecular formula is C15H15BrFNO. The maximum absolute atomic E-state index is 13.1. The number of rotatable bonds is 5. The normalized spacial score (nSPS) is 10.3. The maximum atomic E-state index is 13.1. The Morgan fingerprint density at radius 2 is 2.00 bits per heavy atom. The Morgan fingerprint density at radius 3 is 2.74 bits per heavy atom. The maximum Gasteiger partial charge on any atom is 0.126 e. The van der Waals surface area contributed by atoms with Crippen LogP contribution < -0.4 is 10.1 Å². The fourth-order valence-electron chi connectivity index (χ4n) is 1.67. The zero-order valence-corrected chi connectivity index (χ0v) is 12.2. The minimum Gasteiger partial charge on any atom is -0.492 e. The molecule has 0 saturated carbocycles. The van der Waals surface area contributed by atoms with Crippen LogP contribution in [-0.4, -0.2) is 13.2 Å². The molecule has 2 nitrogen and oxygen atoms in total. The van der Waals surface area contributed by atoms with E-state index in [0.29, 0.717) is 24.5 Å². The molecule has 0 spiro atoms. The summed E-state index contributed by atoms with van der Waals surface area (Å²) in [7, 11) is 0. The summed E-state index contributed by atoms with van der Waals surface area (Å²) in [6.45, 7) is 2.92. The minimum atomic E-state index is -0.210. The van der Waals surface area contributed by atoms with Gasteiger partial charge in [0.25, 0.3) is 0 Å². The average molecular weight is 324 g/mol. The van der Waals surface area contributed by atoms with Gasteiger partial charge in [-0.25, -0.2) is 4.39 Å². The number of hydrogen-bond donors (Lipinski definition) is 1. The first-order valence-electron chi connectivity index (χ1n) is 6.04. The van der Waals surface area contributed by atoms with Crippen LogP contribution in [0.15, 0.2) is 46.9 Å². The molecule has 0 atom stereocenters. The van der Waals surface area contributed by atoms with Crippen molar-refractivity contribution in [3.8, 4) is 5.75 Å². The molecule has 2 rings (SSSR count). The van der Waals surface area contributed by atoms with Crippen molar-refractivity contribution >= 4 is 21.6 Å². The molecule has 1 N–H and O–H groups in total. The Hall–Kier alpha value is -1.55. The highest BCUT2D eigenvalue weighted by molar-refractivity contribution is 9.10. The number of aryl methyl sites for hydroxylation is 1. The lowest BCUT2D eigenvalue weighted by Gasteiger charge is -2.10. The molecule has 0 aliphatic carbocycles. The van der Waals surface area contributed by atoms with Gasteiger partial charge in [-0.05, 0) is 58.7 Å². The van der Waals surface area contributed by atoms with E-state index in [9.17, 15) is 4.39 Å². The van der Waals surface area contributed by atoms with Crippen LogP contribution in [0.25, 0.3) is 0 Å². The number of benzene rings is 2. The van der Waals surface area contributed by atoms with E-state index >= 15 is 0 Å². The van der Waals surface area contributed by atoms with Crippen molar-refractivity contribution in [3.63, 3.8) is 0 Å². The Morgan fingerprint density at radius 1 is 1.21 bits per heavy atom. The predicted molar refractivity (Wildman–Crippen MR) is 79.3 cm³/mol. The summed E-state index contributed by atoms with van der Waals surface area (Å²) in [4.78, 5) is 0. The predicted octanol–water partition coefficient (Wildman–Crippen LogP) is 4.39. The third-order valence-electron chi connectivity index (χ3n) is 2.69. The molecule has 4 heteroatoms. The van der Waals surface area contributed by atoms with Crippen LogP contribution in [-0.2, 0) is 0 Å². The van der Waals surface area contributed by atoms with Crippen LogP contribution >= 0.6 is 15.9 Å². The van der Waals surface area contributed by atoms with E-state index in [1.807, 2.05) is 24.3 Å². The number of hydrogen-bond acceptors (Lipinski definition) is 2. The molecule has 19 heavy (non-hydrogen) atoms. The highest BCUT2D eigenvalue weighted by atomic mass is 79.9. The molecule has 2 aromatic carbocycles. The Bertz CT molecular complexity index is 560. The summed E-state index contributed by atoms with van der Waals surface area (Å²) in [5.41, 5.74) is 1.62. The first kappa shape index (κ1) is 13.9. The monoisotopic (exact) mass is 323 g/mol. The van der Waals surface area contributed by atoms with Crippen LogP contribution in [0.5, 0.6) is 5.75 Å². The average Bonchev–Trinajstić information content (AvgIpc) is 2.40. The second-order valence-electron chi connectivity index (χ2n) is 4.17. The third-order valence-corrected chi connectivity index (χ3v) is 3.38. The van der Waals surface area contributed by atoms with Gasteiger partial charge in [-0.2, -0.15) is 0 Å². The van der Waals surface area contributed by atoms with Gasteiger partial charge in [-0.1, -0.05) is 12.1 Å². The lowest BCUT2D eigenvalue weighted by Crippen LogP contribution is -2.11. The highest BCUT2D eigenvalue weighted by Crippen LogP contribution is 2.21. The van der Waals surface area contributed by atoms with Crippen molar-refractivity contribution in [1.29, 1.82) is 0 Å². The summed E-state index contributed by atoms with van der Waals surface area (Å²) >= 11 is 3.47. The topological polar surface area (TPSA) is 21.3 Å². The van der Waals surface area contributed by atoms with Crippen LogP contribution in [0.3, 0.4) is 0 Å². The number of ether oxygens (including phenoxy) is 1. The van der Waals surface area contributed by atoms with Crippen molar-refractivity contribution in [3.05, 3.63) is 58.3 Å². The SMILES string of the molecule is Cc1cc(OCCNc2ccccc2Br)ccc1F. The van der Waals surface area contributed by atoms with Crippen LogP contribution in [0.2, 0.25) is 0 Å². The molecule has 0 unspecified atom stereocenters. The second-order valence-corrected chi connectivity index (χ2v) is 5.02. The molecule has 0 aliphatic heterocycles. The smallest absolute Gasteiger partial charge is 0.126 e. The van der Waals surface area contributed by atoms with Crippen molar-refractivity contribution in [2.45, 2.75) is 6.92 Å². The van der Waals surface area contributed by atoms with E-state index in [1.54, 1.807) is 19.1 Å². The van der Waals surface area contributed by atoms with Crippen molar-refractivity contribution in [2.75, 3.05) is 18.5 Å². The molecule has 0 aromatic heterocycles. The number of anilines is 1. The van der Waals surface area contributed by atoms with E-state index in [-0.39, 0.29) is 5.82 Å². The van der Waals surface area contributed by atoms with Gasteiger partial charge in [-0.15, -0.1) is 0 Å². The summed E-state index contributed by atoms with van der Waals surface area (Å²) in [5, 5.41) is 3.26. The first-order valence-corrected chi connectivity index (χ1v) is 6.83. The minimum absolute atomic E-state index is 0.210.